The molecule has 0 saturated carbocycles. The molecule has 1 N–H and O–H groups in total. The van der Waals surface area contributed by atoms with Crippen LogP contribution >= 0.6 is 0 Å². The maximum atomic E-state index is 13.6. The first-order chi connectivity index (χ1) is 14.9. The number of hydrogen-bond acceptors (Lipinski definition) is 7. The third-order valence-corrected chi connectivity index (χ3v) is 5.66. The van der Waals surface area contributed by atoms with Gasteiger partial charge in [-0.25, -0.2) is 0 Å². The number of esters is 1. The predicted octanol–water partition coefficient (Wildman–Crippen LogP) is 2.98. The summed E-state index contributed by atoms with van der Waals surface area (Å²) in [6.45, 7) is 1.77. The van der Waals surface area contributed by atoms with Crippen molar-refractivity contribution in [1.29, 1.82) is 0 Å². The standard InChI is InChI=1S/C22H20N2O7/c1-2-30-22(27)20-15(17-7-4-8-31-17)10-16-19(21(20)26)14(11-18(25)23-16)12-5-3-6-13(9-12)24(28)29/h3-9,14-15,20H,2,10-11H2,1H3,(H,23,25)/t14-,15+,20+/m0/s1. The third-order valence-electron chi connectivity index (χ3n) is 5.66. The number of furan rings is 1. The van der Waals surface area contributed by atoms with Gasteiger partial charge in [-0.2, -0.15) is 0 Å². The summed E-state index contributed by atoms with van der Waals surface area (Å²) in [6, 6.07) is 9.21. The molecule has 0 bridgehead atoms. The highest BCUT2D eigenvalue weighted by molar-refractivity contribution is 6.12. The number of nitrogens with one attached hydrogen (secondary N) is 1. The highest BCUT2D eigenvalue weighted by Crippen LogP contribution is 2.46. The molecule has 2 heterocycles. The van der Waals surface area contributed by atoms with Crippen molar-refractivity contribution in [2.24, 2.45) is 5.92 Å². The number of ether oxygens (including phenoxy) is 1. The van der Waals surface area contributed by atoms with Crippen molar-refractivity contribution >= 4 is 23.3 Å². The first kappa shape index (κ1) is 20.5. The Balaban J connectivity index is 1.82. The molecule has 160 valence electrons. The SMILES string of the molecule is CCOC(=O)[C@H]1C(=O)C2=C(C[C@@H]1c1ccco1)NC(=O)C[C@H]2c1cccc([N+](=O)[O-])c1. The van der Waals surface area contributed by atoms with Gasteiger partial charge in [-0.05, 0) is 31.0 Å². The Labute approximate surface area is 177 Å². The summed E-state index contributed by atoms with van der Waals surface area (Å²) in [7, 11) is 0. The number of ketones is 1. The Morgan fingerprint density at radius 2 is 2.06 bits per heavy atom. The molecule has 9 nitrogen and oxygen atoms in total. The van der Waals surface area contributed by atoms with Crippen molar-refractivity contribution in [2.45, 2.75) is 31.6 Å². The van der Waals surface area contributed by atoms with Crippen LogP contribution in [0.3, 0.4) is 0 Å². The normalized spacial score (nSPS) is 23.2. The Bertz CT molecular complexity index is 1090. The van der Waals surface area contributed by atoms with Crippen LogP contribution in [0, 0.1) is 16.0 Å². The fraction of sp³-hybridized carbons (Fsp3) is 0.318. The van der Waals surface area contributed by atoms with Gasteiger partial charge in [0.05, 0.1) is 17.8 Å². The molecule has 2 aromatic rings. The van der Waals surface area contributed by atoms with Crippen LogP contribution in [0.2, 0.25) is 0 Å². The molecule has 31 heavy (non-hydrogen) atoms. The van der Waals surface area contributed by atoms with E-state index in [4.69, 9.17) is 9.15 Å². The van der Waals surface area contributed by atoms with Gasteiger partial charge in [-0.15, -0.1) is 0 Å². The second kappa shape index (κ2) is 8.17. The number of nitro groups is 1. The fourth-order valence-electron chi connectivity index (χ4n) is 4.36. The maximum Gasteiger partial charge on any atom is 0.317 e. The Morgan fingerprint density at radius 3 is 2.74 bits per heavy atom. The van der Waals surface area contributed by atoms with Crippen LogP contribution in [0.25, 0.3) is 0 Å². The topological polar surface area (TPSA) is 129 Å². The summed E-state index contributed by atoms with van der Waals surface area (Å²) in [4.78, 5) is 49.5. The van der Waals surface area contributed by atoms with Crippen LogP contribution < -0.4 is 5.32 Å². The molecule has 3 atom stereocenters. The van der Waals surface area contributed by atoms with Crippen molar-refractivity contribution in [3.05, 3.63) is 75.4 Å². The minimum Gasteiger partial charge on any atom is -0.469 e. The first-order valence-corrected chi connectivity index (χ1v) is 9.92. The molecule has 0 fully saturated rings. The summed E-state index contributed by atoms with van der Waals surface area (Å²) >= 11 is 0. The highest BCUT2D eigenvalue weighted by Gasteiger charge is 2.48. The van der Waals surface area contributed by atoms with Crippen LogP contribution in [-0.2, 0) is 19.1 Å². The maximum absolute atomic E-state index is 13.6. The number of carbonyl (C=O) groups excluding carboxylic acids is 3. The summed E-state index contributed by atoms with van der Waals surface area (Å²) in [5.41, 5.74) is 1.05. The van der Waals surface area contributed by atoms with Crippen LogP contribution in [0.1, 0.15) is 42.9 Å². The van der Waals surface area contributed by atoms with Gasteiger partial charge in [0.15, 0.2) is 5.78 Å². The number of nitro benzene ring substituents is 1. The predicted molar refractivity (Wildman–Crippen MR) is 107 cm³/mol. The molecule has 0 radical (unpaired) electrons. The third kappa shape index (κ3) is 3.74. The number of amides is 1. The average molecular weight is 424 g/mol. The molecule has 0 saturated heterocycles. The van der Waals surface area contributed by atoms with Gasteiger partial charge in [0.1, 0.15) is 11.7 Å². The lowest BCUT2D eigenvalue weighted by Gasteiger charge is -2.37. The molecule has 1 amide bonds. The Morgan fingerprint density at radius 1 is 1.26 bits per heavy atom. The fourth-order valence-corrected chi connectivity index (χ4v) is 4.36. The molecular weight excluding hydrogens is 404 g/mol. The molecule has 0 unspecified atom stereocenters. The molecule has 4 rings (SSSR count). The molecule has 1 aliphatic carbocycles. The summed E-state index contributed by atoms with van der Waals surface area (Å²) in [5, 5.41) is 14.0. The van der Waals surface area contributed by atoms with Gasteiger partial charge in [0.2, 0.25) is 5.91 Å². The lowest BCUT2D eigenvalue weighted by atomic mass is 9.69. The average Bonchev–Trinajstić information content (AvgIpc) is 3.27. The molecule has 2 aliphatic rings. The number of rotatable bonds is 5. The number of benzene rings is 1. The van der Waals surface area contributed by atoms with E-state index in [0.717, 1.165) is 0 Å². The second-order valence-corrected chi connectivity index (χ2v) is 7.47. The number of nitrogens with zero attached hydrogens (tertiary/aromatic N) is 1. The number of hydrogen-bond donors (Lipinski definition) is 1. The summed E-state index contributed by atoms with van der Waals surface area (Å²) < 4.78 is 10.6. The number of allylic oxidation sites excluding steroid dienone is 2. The van der Waals surface area contributed by atoms with E-state index in [2.05, 4.69) is 5.32 Å². The smallest absolute Gasteiger partial charge is 0.317 e. The van der Waals surface area contributed by atoms with Gasteiger partial charge >= 0.3 is 5.97 Å². The van der Waals surface area contributed by atoms with Crippen molar-refractivity contribution < 1.29 is 28.5 Å². The van der Waals surface area contributed by atoms with E-state index >= 15 is 0 Å². The minimum atomic E-state index is -1.12. The van der Waals surface area contributed by atoms with Crippen molar-refractivity contribution in [3.8, 4) is 0 Å². The molecule has 9 heteroatoms. The van der Waals surface area contributed by atoms with Gasteiger partial charge in [0, 0.05) is 41.7 Å². The van der Waals surface area contributed by atoms with E-state index < -0.39 is 34.4 Å². The largest absolute Gasteiger partial charge is 0.469 e. The van der Waals surface area contributed by atoms with E-state index in [1.807, 2.05) is 0 Å². The van der Waals surface area contributed by atoms with Crippen LogP contribution in [0.15, 0.2) is 58.3 Å². The lowest BCUT2D eigenvalue weighted by Crippen LogP contribution is -2.44. The monoisotopic (exact) mass is 424 g/mol. The van der Waals surface area contributed by atoms with Gasteiger partial charge in [-0.3, -0.25) is 24.5 Å². The number of carbonyl (C=O) groups is 3. The molecule has 0 spiro atoms. The second-order valence-electron chi connectivity index (χ2n) is 7.47. The molecule has 1 aromatic carbocycles. The van der Waals surface area contributed by atoms with Crippen molar-refractivity contribution in [2.75, 3.05) is 6.61 Å². The van der Waals surface area contributed by atoms with E-state index in [9.17, 15) is 24.5 Å². The van der Waals surface area contributed by atoms with E-state index in [1.165, 1.54) is 24.5 Å². The zero-order valence-electron chi connectivity index (χ0n) is 16.7. The van der Waals surface area contributed by atoms with Gasteiger partial charge < -0.3 is 14.5 Å². The quantitative estimate of drug-likeness (QED) is 0.338. The number of non-ortho nitro benzene ring substituents is 1. The van der Waals surface area contributed by atoms with Crippen LogP contribution in [-0.4, -0.2) is 29.2 Å². The highest BCUT2D eigenvalue weighted by atomic mass is 16.6. The lowest BCUT2D eigenvalue weighted by molar-refractivity contribution is -0.384. The minimum absolute atomic E-state index is 0.0489. The van der Waals surface area contributed by atoms with E-state index in [1.54, 1.807) is 25.1 Å². The van der Waals surface area contributed by atoms with Crippen molar-refractivity contribution in [1.82, 2.24) is 5.32 Å². The first-order valence-electron chi connectivity index (χ1n) is 9.92. The number of Topliss-reactive ketones (excluding diaryl/α,β-unsaturated/α-hetero) is 1. The zero-order chi connectivity index (χ0) is 22.1. The van der Waals surface area contributed by atoms with Crippen LogP contribution in [0.5, 0.6) is 0 Å². The summed E-state index contributed by atoms with van der Waals surface area (Å²) in [6.07, 6.45) is 1.61. The molecule has 1 aliphatic heterocycles. The van der Waals surface area contributed by atoms with Gasteiger partial charge in [0.25, 0.3) is 5.69 Å². The van der Waals surface area contributed by atoms with Gasteiger partial charge in [-0.1, -0.05) is 12.1 Å². The summed E-state index contributed by atoms with van der Waals surface area (Å²) in [5.74, 6) is -3.40. The van der Waals surface area contributed by atoms with Crippen LogP contribution in [0.4, 0.5) is 5.69 Å². The van der Waals surface area contributed by atoms with E-state index in [-0.39, 0.29) is 31.0 Å². The van der Waals surface area contributed by atoms with Crippen molar-refractivity contribution in [3.63, 3.8) is 0 Å². The Hall–Kier alpha value is -3.75. The molecule has 1 aromatic heterocycles. The Kier molecular flexibility index (Phi) is 5.41. The van der Waals surface area contributed by atoms with E-state index in [0.29, 0.717) is 22.6 Å². The molecular formula is C22H20N2O7. The zero-order valence-corrected chi connectivity index (χ0v) is 16.7.